The number of hydrogen-bond acceptors (Lipinski definition) is 5. The average molecular weight is 546 g/mol. The lowest BCUT2D eigenvalue weighted by Crippen LogP contribution is -2.42. The number of guanidine groups is 1. The minimum absolute atomic E-state index is 0. The normalized spacial score (nSPS) is 19.0. The molecule has 2 saturated heterocycles. The first-order valence-electron chi connectivity index (χ1n) is 11.5. The van der Waals surface area contributed by atoms with Crippen molar-refractivity contribution in [2.24, 2.45) is 4.99 Å². The summed E-state index contributed by atoms with van der Waals surface area (Å²) in [7, 11) is 1.71. The third-order valence-corrected chi connectivity index (χ3v) is 5.90. The highest BCUT2D eigenvalue weighted by Crippen LogP contribution is 2.24. The maximum Gasteiger partial charge on any atom is 0.191 e. The Morgan fingerprint density at radius 2 is 1.81 bits per heavy atom. The zero-order valence-electron chi connectivity index (χ0n) is 19.1. The van der Waals surface area contributed by atoms with E-state index in [-0.39, 0.29) is 30.0 Å². The second-order valence-electron chi connectivity index (χ2n) is 7.99. The van der Waals surface area contributed by atoms with Gasteiger partial charge in [0.15, 0.2) is 5.96 Å². The molecule has 7 nitrogen and oxygen atoms in total. The molecule has 0 aliphatic carbocycles. The molecule has 1 atom stereocenters. The van der Waals surface area contributed by atoms with Crippen molar-refractivity contribution in [3.63, 3.8) is 0 Å². The maximum atomic E-state index is 5.57. The maximum absolute atomic E-state index is 5.57. The topological polar surface area (TPSA) is 61.4 Å². The molecule has 1 unspecified atom stereocenters. The largest absolute Gasteiger partial charge is 0.497 e. The van der Waals surface area contributed by atoms with Crippen LogP contribution in [0, 0.1) is 0 Å². The van der Waals surface area contributed by atoms with Gasteiger partial charge in [-0.15, -0.1) is 24.0 Å². The third-order valence-electron chi connectivity index (χ3n) is 5.90. The van der Waals surface area contributed by atoms with Crippen LogP contribution in [0.3, 0.4) is 0 Å². The van der Waals surface area contributed by atoms with Crippen molar-refractivity contribution in [3.8, 4) is 5.75 Å². The van der Waals surface area contributed by atoms with Crippen molar-refractivity contribution < 1.29 is 9.47 Å². The van der Waals surface area contributed by atoms with Crippen molar-refractivity contribution in [2.75, 3.05) is 72.7 Å². The molecule has 0 bridgehead atoms. The summed E-state index contributed by atoms with van der Waals surface area (Å²) in [6, 6.07) is 8.62. The molecule has 0 spiro atoms. The van der Waals surface area contributed by atoms with E-state index in [9.17, 15) is 0 Å². The molecule has 31 heavy (non-hydrogen) atoms. The molecular weight excluding hydrogens is 505 g/mol. The first kappa shape index (κ1) is 26.2. The lowest BCUT2D eigenvalue weighted by molar-refractivity contribution is 0.0179. The van der Waals surface area contributed by atoms with Gasteiger partial charge in [-0.2, -0.15) is 0 Å². The lowest BCUT2D eigenvalue weighted by Gasteiger charge is -2.34. The van der Waals surface area contributed by atoms with E-state index in [4.69, 9.17) is 14.5 Å². The first-order chi connectivity index (χ1) is 14.8. The summed E-state index contributed by atoms with van der Waals surface area (Å²) < 4.78 is 10.9. The Morgan fingerprint density at radius 3 is 2.45 bits per heavy atom. The van der Waals surface area contributed by atoms with Crippen LogP contribution >= 0.6 is 24.0 Å². The van der Waals surface area contributed by atoms with Crippen molar-refractivity contribution in [1.82, 2.24) is 20.4 Å². The summed E-state index contributed by atoms with van der Waals surface area (Å²) in [4.78, 5) is 9.98. The molecule has 8 heteroatoms. The van der Waals surface area contributed by atoms with Crippen LogP contribution in [0.15, 0.2) is 29.3 Å². The number of rotatable bonds is 10. The summed E-state index contributed by atoms with van der Waals surface area (Å²) in [5, 5.41) is 6.92. The molecule has 2 fully saturated rings. The fourth-order valence-electron chi connectivity index (χ4n) is 4.18. The molecule has 1 aromatic carbocycles. The number of benzene rings is 1. The van der Waals surface area contributed by atoms with Gasteiger partial charge in [0.1, 0.15) is 5.75 Å². The molecule has 0 radical (unpaired) electrons. The second-order valence-corrected chi connectivity index (χ2v) is 7.99. The molecule has 2 aliphatic heterocycles. The number of morpholine rings is 1. The quantitative estimate of drug-likeness (QED) is 0.204. The minimum atomic E-state index is 0. The zero-order chi connectivity index (χ0) is 21.0. The van der Waals surface area contributed by atoms with Gasteiger partial charge in [0.2, 0.25) is 0 Å². The van der Waals surface area contributed by atoms with E-state index in [2.05, 4.69) is 39.5 Å². The van der Waals surface area contributed by atoms with Gasteiger partial charge >= 0.3 is 0 Å². The van der Waals surface area contributed by atoms with E-state index in [0.29, 0.717) is 6.54 Å². The molecule has 2 heterocycles. The molecule has 2 N–H and O–H groups in total. The number of aliphatic imine (C=N–C) groups is 1. The highest BCUT2D eigenvalue weighted by Gasteiger charge is 2.22. The smallest absolute Gasteiger partial charge is 0.191 e. The van der Waals surface area contributed by atoms with Crippen molar-refractivity contribution >= 4 is 29.9 Å². The Balaban J connectivity index is 0.00000341. The molecule has 0 amide bonds. The van der Waals surface area contributed by atoms with Crippen molar-refractivity contribution in [2.45, 2.75) is 32.2 Å². The van der Waals surface area contributed by atoms with Crippen LogP contribution in [-0.4, -0.2) is 88.4 Å². The Bertz CT molecular complexity index is 631. The summed E-state index contributed by atoms with van der Waals surface area (Å²) in [5.41, 5.74) is 1.27. The minimum Gasteiger partial charge on any atom is -0.497 e. The standard InChI is InChI=1S/C23H39N5O2.HI/c1-3-24-23(25-11-6-14-27-12-4-5-13-27)26-19-22(28-15-17-30-18-16-28)20-7-9-21(29-2)10-8-20;/h7-10,22H,3-6,11-19H2,1-2H3,(H2,24,25,26);1H. The third kappa shape index (κ3) is 8.75. The SMILES string of the molecule is CCNC(=NCC(c1ccc(OC)cc1)N1CCOCC1)NCCCN1CCCC1.I. The van der Waals surface area contributed by atoms with Crippen molar-refractivity contribution in [3.05, 3.63) is 29.8 Å². The number of nitrogens with zero attached hydrogens (tertiary/aromatic N) is 3. The number of likely N-dealkylation sites (tertiary alicyclic amines) is 1. The zero-order valence-corrected chi connectivity index (χ0v) is 21.5. The molecule has 176 valence electrons. The van der Waals surface area contributed by atoms with Gasteiger partial charge in [0.05, 0.1) is 32.9 Å². The number of nitrogens with one attached hydrogen (secondary N) is 2. The average Bonchev–Trinajstić information content (AvgIpc) is 3.31. The van der Waals surface area contributed by atoms with Gasteiger partial charge < -0.3 is 25.0 Å². The van der Waals surface area contributed by atoms with E-state index in [1.807, 2.05) is 12.1 Å². The van der Waals surface area contributed by atoms with Crippen LogP contribution in [0.2, 0.25) is 0 Å². The number of halogens is 1. The molecule has 2 aliphatic rings. The van der Waals surface area contributed by atoms with E-state index >= 15 is 0 Å². The summed E-state index contributed by atoms with van der Waals surface area (Å²) in [6.45, 7) is 11.8. The Kier molecular flexibility index (Phi) is 12.5. The molecule has 0 aromatic heterocycles. The monoisotopic (exact) mass is 545 g/mol. The van der Waals surface area contributed by atoms with Crippen LogP contribution in [0.25, 0.3) is 0 Å². The summed E-state index contributed by atoms with van der Waals surface area (Å²) in [6.07, 6.45) is 3.85. The Morgan fingerprint density at radius 1 is 1.10 bits per heavy atom. The van der Waals surface area contributed by atoms with Crippen LogP contribution < -0.4 is 15.4 Å². The summed E-state index contributed by atoms with van der Waals surface area (Å²) in [5.74, 6) is 1.79. The molecule has 0 saturated carbocycles. The van der Waals surface area contributed by atoms with Gasteiger partial charge in [0.25, 0.3) is 0 Å². The van der Waals surface area contributed by atoms with Crippen molar-refractivity contribution in [1.29, 1.82) is 0 Å². The molecule has 1 aromatic rings. The van der Waals surface area contributed by atoms with Gasteiger partial charge in [-0.25, -0.2) is 0 Å². The lowest BCUT2D eigenvalue weighted by atomic mass is 10.0. The van der Waals surface area contributed by atoms with E-state index in [1.54, 1.807) is 7.11 Å². The highest BCUT2D eigenvalue weighted by molar-refractivity contribution is 14.0. The van der Waals surface area contributed by atoms with E-state index in [0.717, 1.165) is 57.5 Å². The Labute approximate surface area is 205 Å². The number of methoxy groups -OCH3 is 1. The van der Waals surface area contributed by atoms with Crippen LogP contribution in [0.5, 0.6) is 5.75 Å². The predicted octanol–water partition coefficient (Wildman–Crippen LogP) is 2.73. The van der Waals surface area contributed by atoms with E-state index < -0.39 is 0 Å². The molecule has 3 rings (SSSR count). The second kappa shape index (κ2) is 14.9. The number of hydrogen-bond donors (Lipinski definition) is 2. The number of ether oxygens (including phenoxy) is 2. The van der Waals surface area contributed by atoms with Crippen LogP contribution in [-0.2, 0) is 4.74 Å². The fraction of sp³-hybridized carbons (Fsp3) is 0.696. The van der Waals surface area contributed by atoms with Crippen LogP contribution in [0.1, 0.15) is 37.8 Å². The van der Waals surface area contributed by atoms with Gasteiger partial charge in [-0.1, -0.05) is 12.1 Å². The summed E-state index contributed by atoms with van der Waals surface area (Å²) >= 11 is 0. The fourth-order valence-corrected chi connectivity index (χ4v) is 4.18. The highest BCUT2D eigenvalue weighted by atomic mass is 127. The Hall–Kier alpha value is -1.10. The van der Waals surface area contributed by atoms with Gasteiger partial charge in [0, 0.05) is 26.2 Å². The predicted molar refractivity (Wildman–Crippen MR) is 138 cm³/mol. The van der Waals surface area contributed by atoms with Crippen LogP contribution in [0.4, 0.5) is 0 Å². The van der Waals surface area contributed by atoms with Gasteiger partial charge in [-0.05, 0) is 63.5 Å². The van der Waals surface area contributed by atoms with E-state index in [1.165, 1.54) is 38.0 Å². The van der Waals surface area contributed by atoms with Gasteiger partial charge in [-0.3, -0.25) is 9.89 Å². The first-order valence-corrected chi connectivity index (χ1v) is 11.5. The molecular formula is C23H40IN5O2.